The van der Waals surface area contributed by atoms with Crippen LogP contribution in [0.4, 0.5) is 0 Å². The number of carboxylic acids is 1. The highest BCUT2D eigenvalue weighted by atomic mass is 16.5. The molecule has 2 N–H and O–H groups in total. The molecule has 0 heterocycles. The molecule has 0 radical (unpaired) electrons. The first-order chi connectivity index (χ1) is 9.56. The van der Waals surface area contributed by atoms with Crippen molar-refractivity contribution in [1.82, 2.24) is 0 Å². The fraction of sp³-hybridized carbons (Fsp3) is 0.133. The third-order valence-corrected chi connectivity index (χ3v) is 2.94. The summed E-state index contributed by atoms with van der Waals surface area (Å²) in [5.41, 5.74) is 1.11. The maximum atomic E-state index is 11.1. The number of ether oxygens (including phenoxy) is 2. The molecule has 0 spiro atoms. The standard InChI is InChI=1S/C15H14O5/c1-19-11-5-3-9(4-6-11)12-7-10(15(17)18)8-13(20-2)14(12)16/h3-8,16H,1-2H3,(H,17,18). The van der Waals surface area contributed by atoms with E-state index < -0.39 is 5.97 Å². The van der Waals surface area contributed by atoms with Crippen molar-refractivity contribution in [2.24, 2.45) is 0 Å². The number of carboxylic acid groups (broad SMARTS) is 1. The summed E-state index contributed by atoms with van der Waals surface area (Å²) in [6.07, 6.45) is 0. The topological polar surface area (TPSA) is 76.0 Å². The molecule has 5 heteroatoms. The van der Waals surface area contributed by atoms with E-state index in [-0.39, 0.29) is 17.1 Å². The van der Waals surface area contributed by atoms with E-state index in [2.05, 4.69) is 0 Å². The van der Waals surface area contributed by atoms with Crippen molar-refractivity contribution in [3.8, 4) is 28.4 Å². The van der Waals surface area contributed by atoms with Gasteiger partial charge < -0.3 is 19.7 Å². The Bertz CT molecular complexity index is 631. The van der Waals surface area contributed by atoms with Crippen molar-refractivity contribution in [3.63, 3.8) is 0 Å². The van der Waals surface area contributed by atoms with Gasteiger partial charge in [-0.2, -0.15) is 0 Å². The SMILES string of the molecule is COc1ccc(-c2cc(C(=O)O)cc(OC)c2O)cc1. The Morgan fingerprint density at radius 1 is 1.05 bits per heavy atom. The van der Waals surface area contributed by atoms with Crippen LogP contribution in [-0.2, 0) is 0 Å². The molecule has 0 atom stereocenters. The minimum Gasteiger partial charge on any atom is -0.504 e. The van der Waals surface area contributed by atoms with E-state index in [1.807, 2.05) is 0 Å². The zero-order chi connectivity index (χ0) is 14.7. The Hall–Kier alpha value is -2.69. The van der Waals surface area contributed by atoms with E-state index in [0.29, 0.717) is 16.9 Å². The number of carbonyl (C=O) groups is 1. The molecule has 0 saturated carbocycles. The van der Waals surface area contributed by atoms with Gasteiger partial charge in [-0.25, -0.2) is 4.79 Å². The molecule has 0 aliphatic heterocycles. The van der Waals surface area contributed by atoms with Crippen LogP contribution in [0.15, 0.2) is 36.4 Å². The minimum atomic E-state index is -1.09. The zero-order valence-electron chi connectivity index (χ0n) is 11.1. The van der Waals surface area contributed by atoms with Crippen LogP contribution in [0.25, 0.3) is 11.1 Å². The second kappa shape index (κ2) is 5.52. The monoisotopic (exact) mass is 274 g/mol. The Balaban J connectivity index is 2.58. The predicted octanol–water partition coefficient (Wildman–Crippen LogP) is 2.77. The van der Waals surface area contributed by atoms with Gasteiger partial charge in [-0.05, 0) is 29.8 Å². The molecule has 5 nitrogen and oxygen atoms in total. The molecule has 0 aromatic heterocycles. The lowest BCUT2D eigenvalue weighted by atomic mass is 10.0. The molecule has 20 heavy (non-hydrogen) atoms. The molecular weight excluding hydrogens is 260 g/mol. The van der Waals surface area contributed by atoms with Crippen molar-refractivity contribution < 1.29 is 24.5 Å². The molecule has 104 valence electrons. The lowest BCUT2D eigenvalue weighted by Gasteiger charge is -2.11. The van der Waals surface area contributed by atoms with Crippen LogP contribution in [-0.4, -0.2) is 30.4 Å². The van der Waals surface area contributed by atoms with Gasteiger partial charge in [0.1, 0.15) is 5.75 Å². The summed E-state index contributed by atoms with van der Waals surface area (Å²) in [5, 5.41) is 19.2. The lowest BCUT2D eigenvalue weighted by Crippen LogP contribution is -1.98. The van der Waals surface area contributed by atoms with Gasteiger partial charge in [-0.3, -0.25) is 0 Å². The van der Waals surface area contributed by atoms with Crippen LogP contribution < -0.4 is 9.47 Å². The maximum absolute atomic E-state index is 11.1. The van der Waals surface area contributed by atoms with Gasteiger partial charge in [0.25, 0.3) is 0 Å². The largest absolute Gasteiger partial charge is 0.504 e. The quantitative estimate of drug-likeness (QED) is 0.896. The average Bonchev–Trinajstić information content (AvgIpc) is 2.47. The third kappa shape index (κ3) is 2.51. The highest BCUT2D eigenvalue weighted by Gasteiger charge is 2.15. The molecule has 0 aliphatic carbocycles. The fourth-order valence-corrected chi connectivity index (χ4v) is 1.88. The van der Waals surface area contributed by atoms with Crippen LogP contribution in [0.3, 0.4) is 0 Å². The van der Waals surface area contributed by atoms with Crippen LogP contribution >= 0.6 is 0 Å². The second-order valence-electron chi connectivity index (χ2n) is 4.11. The smallest absolute Gasteiger partial charge is 0.335 e. The summed E-state index contributed by atoms with van der Waals surface area (Å²) >= 11 is 0. The van der Waals surface area contributed by atoms with E-state index in [9.17, 15) is 9.90 Å². The maximum Gasteiger partial charge on any atom is 0.335 e. The number of aromatic carboxylic acids is 1. The van der Waals surface area contributed by atoms with Crippen molar-refractivity contribution in [2.45, 2.75) is 0 Å². The van der Waals surface area contributed by atoms with Crippen LogP contribution in [0, 0.1) is 0 Å². The highest BCUT2D eigenvalue weighted by Crippen LogP contribution is 2.38. The molecular formula is C15H14O5. The first kappa shape index (κ1) is 13.7. The summed E-state index contributed by atoms with van der Waals surface area (Å²) in [6, 6.07) is 9.62. The highest BCUT2D eigenvalue weighted by molar-refractivity contribution is 5.91. The summed E-state index contributed by atoms with van der Waals surface area (Å²) in [4.78, 5) is 11.1. The van der Waals surface area contributed by atoms with Crippen molar-refractivity contribution >= 4 is 5.97 Å². The molecule has 0 amide bonds. The average molecular weight is 274 g/mol. The summed E-state index contributed by atoms with van der Waals surface area (Å²) in [6.45, 7) is 0. The third-order valence-electron chi connectivity index (χ3n) is 2.94. The first-order valence-electron chi connectivity index (χ1n) is 5.85. The minimum absolute atomic E-state index is 0.0467. The molecule has 2 aromatic rings. The summed E-state index contributed by atoms with van der Waals surface area (Å²) in [7, 11) is 2.93. The molecule has 0 aliphatic rings. The van der Waals surface area contributed by atoms with E-state index in [1.165, 1.54) is 19.2 Å². The predicted molar refractivity (Wildman–Crippen MR) is 73.6 cm³/mol. The molecule has 0 saturated heterocycles. The molecule has 2 rings (SSSR count). The van der Waals surface area contributed by atoms with Gasteiger partial charge >= 0.3 is 5.97 Å². The molecule has 0 bridgehead atoms. The summed E-state index contributed by atoms with van der Waals surface area (Å²) < 4.78 is 10.1. The van der Waals surface area contributed by atoms with Gasteiger partial charge in [0, 0.05) is 5.56 Å². The van der Waals surface area contributed by atoms with E-state index in [1.54, 1.807) is 31.4 Å². The van der Waals surface area contributed by atoms with E-state index in [0.717, 1.165) is 0 Å². The number of hydrogen-bond donors (Lipinski definition) is 2. The number of aromatic hydroxyl groups is 1. The van der Waals surface area contributed by atoms with Gasteiger partial charge in [0.05, 0.1) is 19.8 Å². The number of phenolic OH excluding ortho intramolecular Hbond substituents is 1. The molecule has 0 unspecified atom stereocenters. The Labute approximate surface area is 116 Å². The van der Waals surface area contributed by atoms with Crippen LogP contribution in [0.2, 0.25) is 0 Å². The normalized spacial score (nSPS) is 10.1. The fourth-order valence-electron chi connectivity index (χ4n) is 1.88. The number of phenols is 1. The number of hydrogen-bond acceptors (Lipinski definition) is 4. The van der Waals surface area contributed by atoms with E-state index >= 15 is 0 Å². The van der Waals surface area contributed by atoms with Gasteiger partial charge in [0.2, 0.25) is 0 Å². The van der Waals surface area contributed by atoms with Crippen LogP contribution in [0.5, 0.6) is 17.2 Å². The summed E-state index contributed by atoms with van der Waals surface area (Å²) in [5.74, 6) is -0.383. The Morgan fingerprint density at radius 3 is 2.20 bits per heavy atom. The number of benzene rings is 2. The Morgan fingerprint density at radius 2 is 1.70 bits per heavy atom. The van der Waals surface area contributed by atoms with Crippen molar-refractivity contribution in [2.75, 3.05) is 14.2 Å². The van der Waals surface area contributed by atoms with Crippen molar-refractivity contribution in [3.05, 3.63) is 42.0 Å². The van der Waals surface area contributed by atoms with Gasteiger partial charge in [0.15, 0.2) is 11.5 Å². The molecule has 2 aromatic carbocycles. The number of rotatable bonds is 4. The van der Waals surface area contributed by atoms with Crippen LogP contribution in [0.1, 0.15) is 10.4 Å². The Kier molecular flexibility index (Phi) is 3.79. The van der Waals surface area contributed by atoms with Gasteiger partial charge in [-0.1, -0.05) is 12.1 Å². The zero-order valence-corrected chi connectivity index (χ0v) is 11.1. The first-order valence-corrected chi connectivity index (χ1v) is 5.85. The molecule has 0 fully saturated rings. The second-order valence-corrected chi connectivity index (χ2v) is 4.11. The number of methoxy groups -OCH3 is 2. The van der Waals surface area contributed by atoms with E-state index in [4.69, 9.17) is 14.6 Å². The lowest BCUT2D eigenvalue weighted by molar-refractivity contribution is 0.0696. The van der Waals surface area contributed by atoms with Crippen molar-refractivity contribution in [1.29, 1.82) is 0 Å². The van der Waals surface area contributed by atoms with Gasteiger partial charge in [-0.15, -0.1) is 0 Å².